The highest BCUT2D eigenvalue weighted by Crippen LogP contribution is 2.19. The van der Waals surface area contributed by atoms with Crippen LogP contribution in [0, 0.1) is 25.2 Å². The van der Waals surface area contributed by atoms with E-state index in [0.29, 0.717) is 12.2 Å². The lowest BCUT2D eigenvalue weighted by Gasteiger charge is -2.29. The number of anilines is 1. The Kier molecular flexibility index (Phi) is 5.92. The molecule has 0 bridgehead atoms. The Labute approximate surface area is 160 Å². The molecule has 1 aromatic carbocycles. The molecule has 0 aliphatic carbocycles. The predicted octanol–water partition coefficient (Wildman–Crippen LogP) is 1.39. The molecule has 1 atom stereocenters. The zero-order valence-corrected chi connectivity index (χ0v) is 16.5. The smallest absolute Gasteiger partial charge is 0.289 e. The van der Waals surface area contributed by atoms with E-state index in [1.807, 2.05) is 20.0 Å². The first-order valence-corrected chi connectivity index (χ1v) is 9.63. The molecule has 2 aromatic rings. The van der Waals surface area contributed by atoms with Gasteiger partial charge >= 0.3 is 0 Å². The Hall–Kier alpha value is -2.65. The molecule has 6 nitrogen and oxygen atoms in total. The molecule has 6 heteroatoms. The van der Waals surface area contributed by atoms with E-state index in [9.17, 15) is 10.1 Å². The minimum atomic E-state index is -0.305. The maximum Gasteiger partial charge on any atom is 0.289 e. The summed E-state index contributed by atoms with van der Waals surface area (Å²) in [6.07, 6.45) is 3.89. The minimum absolute atomic E-state index is 0.196. The number of aryl methyl sites for hydroxylation is 1. The van der Waals surface area contributed by atoms with E-state index >= 15 is 0 Å². The van der Waals surface area contributed by atoms with Crippen molar-refractivity contribution in [2.24, 2.45) is 0 Å². The van der Waals surface area contributed by atoms with Gasteiger partial charge in [0.1, 0.15) is 18.2 Å². The number of hydrogen-bond donors (Lipinski definition) is 1. The zero-order chi connectivity index (χ0) is 19.4. The molecule has 0 amide bonds. The number of nitrogens with zero attached hydrogens (tertiary/aromatic N) is 4. The third-order valence-electron chi connectivity index (χ3n) is 5.33. The van der Waals surface area contributed by atoms with Crippen molar-refractivity contribution < 1.29 is 4.90 Å². The van der Waals surface area contributed by atoms with Crippen molar-refractivity contribution in [3.05, 3.63) is 57.0 Å². The van der Waals surface area contributed by atoms with E-state index in [1.54, 1.807) is 6.92 Å². The summed E-state index contributed by atoms with van der Waals surface area (Å²) in [4.78, 5) is 16.0. The molecule has 0 radical (unpaired) electrons. The molecule has 27 heavy (non-hydrogen) atoms. The molecule has 1 saturated heterocycles. The van der Waals surface area contributed by atoms with Gasteiger partial charge in [-0.25, -0.2) is 0 Å². The second-order valence-electron chi connectivity index (χ2n) is 7.51. The second kappa shape index (κ2) is 8.36. The SMILES string of the molecule is Cc1nn(C[NH+](C)Cc2ccc(N3CCCCC3)cc2)c(=O)c(C#N)c1C. The number of quaternary nitrogens is 1. The lowest BCUT2D eigenvalue weighted by atomic mass is 10.1. The van der Waals surface area contributed by atoms with Gasteiger partial charge in [-0.15, -0.1) is 0 Å². The van der Waals surface area contributed by atoms with Crippen LogP contribution < -0.4 is 15.4 Å². The summed E-state index contributed by atoms with van der Waals surface area (Å²) in [5.74, 6) is 0. The highest BCUT2D eigenvalue weighted by atomic mass is 16.1. The van der Waals surface area contributed by atoms with E-state index in [2.05, 4.69) is 34.3 Å². The van der Waals surface area contributed by atoms with E-state index < -0.39 is 0 Å². The summed E-state index contributed by atoms with van der Waals surface area (Å²) in [6.45, 7) is 7.12. The molecule has 1 N–H and O–H groups in total. The van der Waals surface area contributed by atoms with E-state index in [4.69, 9.17) is 0 Å². The van der Waals surface area contributed by atoms with Crippen LogP contribution >= 0.6 is 0 Å². The third-order valence-corrected chi connectivity index (χ3v) is 5.33. The van der Waals surface area contributed by atoms with Crippen molar-refractivity contribution in [1.29, 1.82) is 5.26 Å². The van der Waals surface area contributed by atoms with Crippen LogP contribution in [0.3, 0.4) is 0 Å². The Morgan fingerprint density at radius 1 is 1.15 bits per heavy atom. The van der Waals surface area contributed by atoms with Crippen molar-refractivity contribution in [1.82, 2.24) is 9.78 Å². The monoisotopic (exact) mass is 366 g/mol. The van der Waals surface area contributed by atoms with Crippen molar-refractivity contribution in [3.8, 4) is 6.07 Å². The second-order valence-corrected chi connectivity index (χ2v) is 7.51. The number of piperidine rings is 1. The Morgan fingerprint density at radius 2 is 1.81 bits per heavy atom. The first-order chi connectivity index (χ1) is 13.0. The fourth-order valence-electron chi connectivity index (χ4n) is 3.65. The quantitative estimate of drug-likeness (QED) is 0.869. The molecule has 1 aliphatic rings. The summed E-state index contributed by atoms with van der Waals surface area (Å²) >= 11 is 0. The molecule has 0 saturated carbocycles. The van der Waals surface area contributed by atoms with Gasteiger partial charge in [-0.3, -0.25) is 4.79 Å². The Bertz CT molecular complexity index is 889. The maximum atomic E-state index is 12.4. The third kappa shape index (κ3) is 4.37. The molecule has 1 aromatic heterocycles. The van der Waals surface area contributed by atoms with Gasteiger partial charge in [0, 0.05) is 24.3 Å². The largest absolute Gasteiger partial charge is 0.372 e. The molecule has 142 valence electrons. The van der Waals surface area contributed by atoms with Gasteiger partial charge in [-0.05, 0) is 50.8 Å². The van der Waals surface area contributed by atoms with Gasteiger partial charge in [0.2, 0.25) is 0 Å². The maximum absolute atomic E-state index is 12.4. The Morgan fingerprint density at radius 3 is 2.44 bits per heavy atom. The number of nitriles is 1. The van der Waals surface area contributed by atoms with Crippen LogP contribution in [0.2, 0.25) is 0 Å². The molecule has 2 heterocycles. The normalized spacial score (nSPS) is 15.4. The standard InChI is InChI=1S/C21H27N5O/c1-16-17(2)23-26(21(27)20(16)13-22)15-24(3)14-18-7-9-19(10-8-18)25-11-5-4-6-12-25/h7-10H,4-6,11-12,14-15H2,1-3H3/p+1. The summed E-state index contributed by atoms with van der Waals surface area (Å²) in [5.41, 5.74) is 3.81. The summed E-state index contributed by atoms with van der Waals surface area (Å²) < 4.78 is 1.42. The lowest BCUT2D eigenvalue weighted by molar-refractivity contribution is -0.917. The van der Waals surface area contributed by atoms with Crippen LogP contribution in [0.25, 0.3) is 0 Å². The first kappa shape index (κ1) is 19.1. The molecule has 1 fully saturated rings. The van der Waals surface area contributed by atoms with Gasteiger partial charge in [0.05, 0.1) is 12.7 Å². The van der Waals surface area contributed by atoms with E-state index in [1.165, 1.54) is 35.2 Å². The van der Waals surface area contributed by atoms with Gasteiger partial charge in [-0.1, -0.05) is 12.1 Å². The number of rotatable bonds is 5. The fourth-order valence-corrected chi connectivity index (χ4v) is 3.65. The molecular weight excluding hydrogens is 338 g/mol. The van der Waals surface area contributed by atoms with Gasteiger partial charge < -0.3 is 9.80 Å². The number of benzene rings is 1. The van der Waals surface area contributed by atoms with Crippen molar-refractivity contribution >= 4 is 5.69 Å². The van der Waals surface area contributed by atoms with Crippen LogP contribution in [0.4, 0.5) is 5.69 Å². The van der Waals surface area contributed by atoms with E-state index in [0.717, 1.165) is 30.2 Å². The van der Waals surface area contributed by atoms with Crippen LogP contribution in [0.1, 0.15) is 41.6 Å². The summed E-state index contributed by atoms with van der Waals surface area (Å²) in [7, 11) is 2.04. The van der Waals surface area contributed by atoms with Crippen LogP contribution in [0.15, 0.2) is 29.1 Å². The molecule has 0 spiro atoms. The molecular formula is C21H28N5O+. The number of hydrogen-bond acceptors (Lipinski definition) is 4. The van der Waals surface area contributed by atoms with Crippen molar-refractivity contribution in [2.45, 2.75) is 46.3 Å². The average molecular weight is 366 g/mol. The molecule has 3 rings (SSSR count). The topological polar surface area (TPSA) is 66.4 Å². The highest BCUT2D eigenvalue weighted by molar-refractivity contribution is 5.47. The van der Waals surface area contributed by atoms with Crippen molar-refractivity contribution in [3.63, 3.8) is 0 Å². The van der Waals surface area contributed by atoms with Crippen LogP contribution in [-0.4, -0.2) is 29.9 Å². The van der Waals surface area contributed by atoms with E-state index in [-0.39, 0.29) is 11.1 Å². The number of aromatic nitrogens is 2. The fraction of sp³-hybridized carbons (Fsp3) is 0.476. The van der Waals surface area contributed by atoms with Gasteiger partial charge in [-0.2, -0.15) is 15.0 Å². The average Bonchev–Trinajstić information content (AvgIpc) is 2.68. The zero-order valence-electron chi connectivity index (χ0n) is 16.5. The van der Waals surface area contributed by atoms with Crippen LogP contribution in [0.5, 0.6) is 0 Å². The highest BCUT2D eigenvalue weighted by Gasteiger charge is 2.15. The summed E-state index contributed by atoms with van der Waals surface area (Å²) in [5, 5.41) is 13.6. The first-order valence-electron chi connectivity index (χ1n) is 9.63. The molecule has 1 aliphatic heterocycles. The Balaban J connectivity index is 1.68. The predicted molar refractivity (Wildman–Crippen MR) is 106 cm³/mol. The van der Waals surface area contributed by atoms with Crippen LogP contribution in [-0.2, 0) is 13.2 Å². The lowest BCUT2D eigenvalue weighted by Crippen LogP contribution is -3.07. The molecule has 1 unspecified atom stereocenters. The van der Waals surface area contributed by atoms with Gasteiger partial charge in [0.15, 0.2) is 6.67 Å². The summed E-state index contributed by atoms with van der Waals surface area (Å²) in [6, 6.07) is 10.8. The van der Waals surface area contributed by atoms with Crippen molar-refractivity contribution in [2.75, 3.05) is 25.0 Å². The van der Waals surface area contributed by atoms with Gasteiger partial charge in [0.25, 0.3) is 5.56 Å². The minimum Gasteiger partial charge on any atom is -0.372 e. The number of nitrogens with one attached hydrogen (secondary N) is 1.